The number of amides is 1. The number of hydrogen-bond donors (Lipinski definition) is 2. The zero-order valence-electron chi connectivity index (χ0n) is 9.74. The van der Waals surface area contributed by atoms with Crippen molar-refractivity contribution in [2.45, 2.75) is 19.8 Å². The summed E-state index contributed by atoms with van der Waals surface area (Å²) in [6, 6.07) is 2.71. The van der Waals surface area contributed by atoms with Gasteiger partial charge in [-0.05, 0) is 30.9 Å². The van der Waals surface area contributed by atoms with Crippen LogP contribution in [0.5, 0.6) is 0 Å². The molecule has 0 radical (unpaired) electrons. The fourth-order valence-electron chi connectivity index (χ4n) is 2.42. The maximum Gasteiger partial charge on any atom is 0.233 e. The number of carbonyl (C=O) groups excluding carboxylic acids is 1. The summed E-state index contributed by atoms with van der Waals surface area (Å²) in [5.41, 5.74) is 5.21. The van der Waals surface area contributed by atoms with E-state index in [9.17, 15) is 9.18 Å². The third-order valence-electron chi connectivity index (χ3n) is 3.32. The molecule has 1 aliphatic rings. The second-order valence-corrected chi connectivity index (χ2v) is 4.81. The van der Waals surface area contributed by atoms with Gasteiger partial charge in [0.05, 0.1) is 11.6 Å². The zero-order valence-corrected chi connectivity index (χ0v) is 9.74. The highest BCUT2D eigenvalue weighted by Gasteiger charge is 2.47. The van der Waals surface area contributed by atoms with Crippen molar-refractivity contribution in [1.82, 2.24) is 4.98 Å². The molecule has 0 unspecified atom stereocenters. The first-order chi connectivity index (χ1) is 8.05. The minimum Gasteiger partial charge on any atom is -0.329 e. The number of carbonyl (C=O) groups is 1. The van der Waals surface area contributed by atoms with Crippen LogP contribution in [0.4, 0.5) is 10.2 Å². The van der Waals surface area contributed by atoms with Crippen LogP contribution in [0.1, 0.15) is 19.8 Å². The Kier molecular flexibility index (Phi) is 3.11. The van der Waals surface area contributed by atoms with Crippen LogP contribution in [-0.4, -0.2) is 17.4 Å². The standard InChI is InChI=1S/C12H16FN3O/c1-8-4-12(5-8,7-14)11(17)16-10-3-2-9(13)6-15-10/h2-3,6,8H,4-5,7,14H2,1H3,(H,15,16,17). The third kappa shape index (κ3) is 2.29. The number of nitrogens with zero attached hydrogens (tertiary/aromatic N) is 1. The van der Waals surface area contributed by atoms with E-state index in [1.165, 1.54) is 12.1 Å². The van der Waals surface area contributed by atoms with Crippen molar-refractivity contribution in [3.63, 3.8) is 0 Å². The van der Waals surface area contributed by atoms with Crippen LogP contribution in [0.3, 0.4) is 0 Å². The molecule has 0 aliphatic heterocycles. The molecule has 4 nitrogen and oxygen atoms in total. The normalized spacial score (nSPS) is 27.4. The van der Waals surface area contributed by atoms with Crippen LogP contribution >= 0.6 is 0 Å². The van der Waals surface area contributed by atoms with Gasteiger partial charge in [0.2, 0.25) is 5.91 Å². The Morgan fingerprint density at radius 2 is 2.35 bits per heavy atom. The number of nitrogens with one attached hydrogen (secondary N) is 1. The quantitative estimate of drug-likeness (QED) is 0.837. The molecule has 0 aromatic carbocycles. The predicted octanol–water partition coefficient (Wildman–Crippen LogP) is 1.53. The Bertz CT molecular complexity index is 412. The van der Waals surface area contributed by atoms with Crippen LogP contribution in [0.15, 0.2) is 18.3 Å². The molecule has 1 fully saturated rings. The number of hydrogen-bond acceptors (Lipinski definition) is 3. The average Bonchev–Trinajstić information content (AvgIpc) is 2.27. The Hall–Kier alpha value is -1.49. The van der Waals surface area contributed by atoms with Crippen molar-refractivity contribution in [1.29, 1.82) is 0 Å². The predicted molar refractivity (Wildman–Crippen MR) is 62.7 cm³/mol. The monoisotopic (exact) mass is 237 g/mol. The molecule has 1 aliphatic carbocycles. The van der Waals surface area contributed by atoms with E-state index in [1.54, 1.807) is 0 Å². The smallest absolute Gasteiger partial charge is 0.233 e. The lowest BCUT2D eigenvalue weighted by molar-refractivity contribution is -0.132. The van der Waals surface area contributed by atoms with E-state index in [0.29, 0.717) is 18.3 Å². The highest BCUT2D eigenvalue weighted by Crippen LogP contribution is 2.45. The summed E-state index contributed by atoms with van der Waals surface area (Å²) < 4.78 is 12.7. The first-order valence-corrected chi connectivity index (χ1v) is 5.69. The minimum atomic E-state index is -0.463. The first kappa shape index (κ1) is 12.0. The fourth-order valence-corrected chi connectivity index (χ4v) is 2.42. The van der Waals surface area contributed by atoms with Crippen LogP contribution in [0.2, 0.25) is 0 Å². The molecular formula is C12H16FN3O. The van der Waals surface area contributed by atoms with E-state index in [-0.39, 0.29) is 5.91 Å². The van der Waals surface area contributed by atoms with Crippen molar-refractivity contribution in [3.8, 4) is 0 Å². The summed E-state index contributed by atoms with van der Waals surface area (Å²) in [6.45, 7) is 2.43. The van der Waals surface area contributed by atoms with Gasteiger partial charge in [-0.2, -0.15) is 0 Å². The van der Waals surface area contributed by atoms with Crippen molar-refractivity contribution in [2.75, 3.05) is 11.9 Å². The molecule has 0 bridgehead atoms. The highest BCUT2D eigenvalue weighted by atomic mass is 19.1. The molecule has 3 N–H and O–H groups in total. The van der Waals surface area contributed by atoms with Gasteiger partial charge in [-0.15, -0.1) is 0 Å². The van der Waals surface area contributed by atoms with Gasteiger partial charge in [-0.25, -0.2) is 9.37 Å². The van der Waals surface area contributed by atoms with E-state index >= 15 is 0 Å². The van der Waals surface area contributed by atoms with Crippen LogP contribution in [0.25, 0.3) is 0 Å². The molecule has 1 heterocycles. The molecule has 0 saturated heterocycles. The second-order valence-electron chi connectivity index (χ2n) is 4.81. The summed E-state index contributed by atoms with van der Waals surface area (Å²) in [4.78, 5) is 15.8. The summed E-state index contributed by atoms with van der Waals surface area (Å²) in [7, 11) is 0. The van der Waals surface area contributed by atoms with E-state index in [2.05, 4.69) is 17.2 Å². The molecule has 1 saturated carbocycles. The number of halogens is 1. The summed E-state index contributed by atoms with van der Waals surface area (Å²) in [5, 5.41) is 2.69. The number of nitrogens with two attached hydrogens (primary N) is 1. The lowest BCUT2D eigenvalue weighted by Crippen LogP contribution is -2.51. The van der Waals surface area contributed by atoms with Crippen molar-refractivity contribution in [2.24, 2.45) is 17.1 Å². The molecule has 0 spiro atoms. The topological polar surface area (TPSA) is 68.0 Å². The second kappa shape index (κ2) is 4.41. The third-order valence-corrected chi connectivity index (χ3v) is 3.32. The Morgan fingerprint density at radius 3 is 2.82 bits per heavy atom. The van der Waals surface area contributed by atoms with Crippen LogP contribution in [-0.2, 0) is 4.79 Å². The average molecular weight is 237 g/mol. The van der Waals surface area contributed by atoms with E-state index in [4.69, 9.17) is 5.73 Å². The van der Waals surface area contributed by atoms with Gasteiger partial charge < -0.3 is 11.1 Å². The van der Waals surface area contributed by atoms with Gasteiger partial charge in [-0.1, -0.05) is 6.92 Å². The highest BCUT2D eigenvalue weighted by molar-refractivity contribution is 5.95. The van der Waals surface area contributed by atoms with Crippen LogP contribution in [0, 0.1) is 17.2 Å². The van der Waals surface area contributed by atoms with Gasteiger partial charge in [0.25, 0.3) is 0 Å². The van der Waals surface area contributed by atoms with Crippen molar-refractivity contribution < 1.29 is 9.18 Å². The molecule has 17 heavy (non-hydrogen) atoms. The van der Waals surface area contributed by atoms with Crippen LogP contribution < -0.4 is 11.1 Å². The summed E-state index contributed by atoms with van der Waals surface area (Å²) >= 11 is 0. The fraction of sp³-hybridized carbons (Fsp3) is 0.500. The maximum atomic E-state index is 12.7. The van der Waals surface area contributed by atoms with E-state index in [0.717, 1.165) is 19.0 Å². The van der Waals surface area contributed by atoms with E-state index in [1.807, 2.05) is 0 Å². The number of pyridine rings is 1. The SMILES string of the molecule is CC1CC(CN)(C(=O)Nc2ccc(F)cn2)C1. The number of rotatable bonds is 3. The number of aromatic nitrogens is 1. The molecule has 5 heteroatoms. The van der Waals surface area contributed by atoms with E-state index < -0.39 is 11.2 Å². The zero-order chi connectivity index (χ0) is 12.5. The molecule has 2 rings (SSSR count). The maximum absolute atomic E-state index is 12.7. The summed E-state index contributed by atoms with van der Waals surface area (Å²) in [6.07, 6.45) is 2.68. The van der Waals surface area contributed by atoms with Gasteiger partial charge in [0, 0.05) is 6.54 Å². The Labute approximate surface area is 99.4 Å². The summed E-state index contributed by atoms with van der Waals surface area (Å²) in [5.74, 6) is 0.361. The molecule has 92 valence electrons. The Morgan fingerprint density at radius 1 is 1.65 bits per heavy atom. The van der Waals surface area contributed by atoms with Gasteiger partial charge in [0.1, 0.15) is 11.6 Å². The number of anilines is 1. The van der Waals surface area contributed by atoms with Crippen molar-refractivity contribution >= 4 is 11.7 Å². The first-order valence-electron chi connectivity index (χ1n) is 5.69. The molecule has 0 atom stereocenters. The lowest BCUT2D eigenvalue weighted by atomic mass is 9.62. The largest absolute Gasteiger partial charge is 0.329 e. The van der Waals surface area contributed by atoms with Gasteiger partial charge in [-0.3, -0.25) is 4.79 Å². The molecular weight excluding hydrogens is 221 g/mol. The minimum absolute atomic E-state index is 0.114. The lowest BCUT2D eigenvalue weighted by Gasteiger charge is -2.44. The van der Waals surface area contributed by atoms with Gasteiger partial charge in [0.15, 0.2) is 0 Å². The van der Waals surface area contributed by atoms with Crippen molar-refractivity contribution in [3.05, 3.63) is 24.1 Å². The Balaban J connectivity index is 2.04. The molecule has 1 amide bonds. The molecule has 1 aromatic rings. The molecule has 1 aromatic heterocycles. The van der Waals surface area contributed by atoms with Gasteiger partial charge >= 0.3 is 0 Å².